The molecule has 18 heavy (non-hydrogen) atoms. The third-order valence-electron chi connectivity index (χ3n) is 2.80. The number of hydrogen-bond donors (Lipinski definition) is 2. The fourth-order valence-corrected chi connectivity index (χ4v) is 2.00. The summed E-state index contributed by atoms with van der Waals surface area (Å²) in [5.41, 5.74) is 15.7. The first-order chi connectivity index (χ1) is 8.63. The molecule has 5 heteroatoms. The number of fused-ring (bicyclic) bond motifs is 1. The van der Waals surface area contributed by atoms with Crippen molar-refractivity contribution >= 4 is 17.0 Å². The zero-order chi connectivity index (χ0) is 12.7. The lowest BCUT2D eigenvalue weighted by molar-refractivity contribution is 1.11. The highest BCUT2D eigenvalue weighted by atomic mass is 15.2. The van der Waals surface area contributed by atoms with Crippen LogP contribution in [0.4, 0.5) is 11.4 Å². The quantitative estimate of drug-likeness (QED) is 0.635. The number of aromatic nitrogens is 3. The van der Waals surface area contributed by atoms with Gasteiger partial charge < -0.3 is 11.5 Å². The fraction of sp³-hybridized carbons (Fsp3) is 0.0769. The summed E-state index contributed by atoms with van der Waals surface area (Å²) in [6, 6.07) is 9.39. The molecule has 0 amide bonds. The van der Waals surface area contributed by atoms with Crippen molar-refractivity contribution in [3.63, 3.8) is 0 Å². The second-order valence-electron chi connectivity index (χ2n) is 4.34. The largest absolute Gasteiger partial charge is 0.399 e. The first kappa shape index (κ1) is 10.6. The molecule has 3 aromatic rings. The van der Waals surface area contributed by atoms with Crippen molar-refractivity contribution in [1.29, 1.82) is 0 Å². The minimum absolute atomic E-state index is 0.619. The molecular weight excluding hydrogens is 226 g/mol. The molecule has 0 aliphatic heterocycles. The molecule has 0 saturated heterocycles. The monoisotopic (exact) mass is 239 g/mol. The number of benzene rings is 1. The van der Waals surface area contributed by atoms with Gasteiger partial charge in [-0.2, -0.15) is 0 Å². The lowest BCUT2D eigenvalue weighted by atomic mass is 10.1. The molecule has 5 nitrogen and oxygen atoms in total. The highest BCUT2D eigenvalue weighted by Gasteiger charge is 2.09. The van der Waals surface area contributed by atoms with E-state index in [1.807, 2.05) is 41.8 Å². The third-order valence-corrected chi connectivity index (χ3v) is 2.80. The van der Waals surface area contributed by atoms with Gasteiger partial charge in [-0.15, -0.1) is 10.2 Å². The topological polar surface area (TPSA) is 82.2 Å². The zero-order valence-electron chi connectivity index (χ0n) is 9.96. The molecule has 0 unspecified atom stereocenters. The average molecular weight is 239 g/mol. The van der Waals surface area contributed by atoms with Crippen molar-refractivity contribution in [3.8, 4) is 11.4 Å². The Labute approximate surface area is 104 Å². The Kier molecular flexibility index (Phi) is 2.19. The number of nitrogen functional groups attached to an aromatic ring is 2. The molecule has 4 N–H and O–H groups in total. The van der Waals surface area contributed by atoms with Gasteiger partial charge in [-0.1, -0.05) is 0 Å². The molecule has 3 rings (SSSR count). The summed E-state index contributed by atoms with van der Waals surface area (Å²) < 4.78 is 1.92. The Morgan fingerprint density at radius 1 is 1.00 bits per heavy atom. The van der Waals surface area contributed by atoms with Crippen molar-refractivity contribution in [3.05, 3.63) is 42.1 Å². The summed E-state index contributed by atoms with van der Waals surface area (Å²) in [6.45, 7) is 2.02. The predicted molar refractivity (Wildman–Crippen MR) is 72.0 cm³/mol. The average Bonchev–Trinajstić information content (AvgIpc) is 2.70. The van der Waals surface area contributed by atoms with Gasteiger partial charge >= 0.3 is 0 Å². The number of anilines is 2. The number of pyridine rings is 1. The summed E-state index contributed by atoms with van der Waals surface area (Å²) in [4.78, 5) is 0. The molecule has 0 fully saturated rings. The van der Waals surface area contributed by atoms with Crippen molar-refractivity contribution in [2.45, 2.75) is 6.92 Å². The van der Waals surface area contributed by atoms with E-state index >= 15 is 0 Å². The van der Waals surface area contributed by atoms with Crippen LogP contribution in [0.25, 0.3) is 17.0 Å². The summed E-state index contributed by atoms with van der Waals surface area (Å²) in [5.74, 6) is 0.740. The highest BCUT2D eigenvalue weighted by Crippen LogP contribution is 2.23. The number of rotatable bonds is 1. The second kappa shape index (κ2) is 3.73. The van der Waals surface area contributed by atoms with E-state index in [1.54, 1.807) is 6.07 Å². The van der Waals surface area contributed by atoms with Crippen LogP contribution in [-0.2, 0) is 0 Å². The molecule has 2 heterocycles. The van der Waals surface area contributed by atoms with Gasteiger partial charge in [0.1, 0.15) is 0 Å². The van der Waals surface area contributed by atoms with E-state index < -0.39 is 0 Å². The first-order valence-electron chi connectivity index (χ1n) is 5.61. The van der Waals surface area contributed by atoms with Crippen molar-refractivity contribution in [2.24, 2.45) is 0 Å². The molecule has 2 aromatic heterocycles. The third kappa shape index (κ3) is 1.66. The molecular formula is C13H13N5. The van der Waals surface area contributed by atoms with Gasteiger partial charge in [0.2, 0.25) is 0 Å². The van der Waals surface area contributed by atoms with E-state index in [0.29, 0.717) is 11.4 Å². The van der Waals surface area contributed by atoms with E-state index in [2.05, 4.69) is 10.2 Å². The van der Waals surface area contributed by atoms with Crippen molar-refractivity contribution in [2.75, 3.05) is 11.5 Å². The van der Waals surface area contributed by atoms with Gasteiger partial charge in [-0.3, -0.25) is 4.40 Å². The normalized spacial score (nSPS) is 10.9. The maximum Gasteiger partial charge on any atom is 0.168 e. The SMILES string of the molecule is Cc1ccn2c(-c3cc(N)cc(N)c3)nnc2c1. The van der Waals surface area contributed by atoms with Crippen LogP contribution in [0.1, 0.15) is 5.56 Å². The molecule has 0 spiro atoms. The molecule has 0 aliphatic carbocycles. The van der Waals surface area contributed by atoms with Gasteiger partial charge in [-0.05, 0) is 42.8 Å². The van der Waals surface area contributed by atoms with Gasteiger partial charge in [0, 0.05) is 23.1 Å². The van der Waals surface area contributed by atoms with Crippen LogP contribution in [0.2, 0.25) is 0 Å². The molecule has 0 atom stereocenters. The minimum atomic E-state index is 0.619. The van der Waals surface area contributed by atoms with Crippen LogP contribution < -0.4 is 11.5 Å². The fourth-order valence-electron chi connectivity index (χ4n) is 2.00. The molecule has 0 saturated carbocycles. The van der Waals surface area contributed by atoms with Crippen LogP contribution in [-0.4, -0.2) is 14.6 Å². The number of nitrogens with zero attached hydrogens (tertiary/aromatic N) is 3. The minimum Gasteiger partial charge on any atom is -0.399 e. The lowest BCUT2D eigenvalue weighted by Gasteiger charge is -2.03. The smallest absolute Gasteiger partial charge is 0.168 e. The second-order valence-corrected chi connectivity index (χ2v) is 4.34. The molecule has 0 bridgehead atoms. The lowest BCUT2D eigenvalue weighted by Crippen LogP contribution is -1.94. The van der Waals surface area contributed by atoms with E-state index in [9.17, 15) is 0 Å². The van der Waals surface area contributed by atoms with Gasteiger partial charge in [-0.25, -0.2) is 0 Å². The summed E-state index contributed by atoms with van der Waals surface area (Å²) in [7, 11) is 0. The van der Waals surface area contributed by atoms with Crippen molar-refractivity contribution < 1.29 is 0 Å². The zero-order valence-corrected chi connectivity index (χ0v) is 9.96. The van der Waals surface area contributed by atoms with E-state index in [1.165, 1.54) is 0 Å². The van der Waals surface area contributed by atoms with Crippen LogP contribution in [0, 0.1) is 6.92 Å². The Balaban J connectivity index is 2.25. The maximum absolute atomic E-state index is 5.80. The predicted octanol–water partition coefficient (Wildman–Crippen LogP) is 1.87. The van der Waals surface area contributed by atoms with Gasteiger partial charge in [0.05, 0.1) is 0 Å². The van der Waals surface area contributed by atoms with E-state index in [4.69, 9.17) is 11.5 Å². The van der Waals surface area contributed by atoms with Crippen LogP contribution >= 0.6 is 0 Å². The summed E-state index contributed by atoms with van der Waals surface area (Å²) in [6.07, 6.45) is 1.94. The summed E-state index contributed by atoms with van der Waals surface area (Å²) in [5, 5.41) is 8.34. The van der Waals surface area contributed by atoms with Gasteiger partial charge in [0.25, 0.3) is 0 Å². The standard InChI is InChI=1S/C13H13N5/c1-8-2-3-18-12(4-8)16-17-13(18)9-5-10(14)7-11(15)6-9/h2-7H,14-15H2,1H3. The Morgan fingerprint density at radius 2 is 1.72 bits per heavy atom. The Bertz CT molecular complexity index is 709. The van der Waals surface area contributed by atoms with Crippen LogP contribution in [0.3, 0.4) is 0 Å². The molecule has 1 aromatic carbocycles. The van der Waals surface area contributed by atoms with E-state index in [0.717, 1.165) is 22.6 Å². The highest BCUT2D eigenvalue weighted by molar-refractivity contribution is 5.69. The number of nitrogens with two attached hydrogens (primary N) is 2. The number of hydrogen-bond acceptors (Lipinski definition) is 4. The van der Waals surface area contributed by atoms with Crippen LogP contribution in [0.5, 0.6) is 0 Å². The summed E-state index contributed by atoms with van der Waals surface area (Å²) >= 11 is 0. The molecule has 90 valence electrons. The van der Waals surface area contributed by atoms with Crippen LogP contribution in [0.15, 0.2) is 36.5 Å². The van der Waals surface area contributed by atoms with Crippen molar-refractivity contribution in [1.82, 2.24) is 14.6 Å². The van der Waals surface area contributed by atoms with E-state index in [-0.39, 0.29) is 0 Å². The Morgan fingerprint density at radius 3 is 2.44 bits per heavy atom. The molecule has 0 radical (unpaired) electrons. The number of aryl methyl sites for hydroxylation is 1. The first-order valence-corrected chi connectivity index (χ1v) is 5.61. The molecule has 0 aliphatic rings. The Hall–Kier alpha value is -2.56. The van der Waals surface area contributed by atoms with Gasteiger partial charge in [0.15, 0.2) is 11.5 Å². The maximum atomic E-state index is 5.80.